The van der Waals surface area contributed by atoms with E-state index in [1.54, 1.807) is 24.3 Å². The van der Waals surface area contributed by atoms with Gasteiger partial charge in [0.05, 0.1) is 24.7 Å². The van der Waals surface area contributed by atoms with Crippen LogP contribution in [0.25, 0.3) is 0 Å². The van der Waals surface area contributed by atoms with Crippen LogP contribution in [0.15, 0.2) is 30.3 Å². The Bertz CT molecular complexity index is 611. The molecule has 2 aliphatic rings. The Kier molecular flexibility index (Phi) is 4.60. The van der Waals surface area contributed by atoms with Gasteiger partial charge in [0, 0.05) is 6.42 Å². The lowest BCUT2D eigenvalue weighted by atomic mass is 9.83. The van der Waals surface area contributed by atoms with Gasteiger partial charge >= 0.3 is 11.9 Å². The zero-order chi connectivity index (χ0) is 17.3. The number of hydrogen-bond acceptors (Lipinski definition) is 6. The highest BCUT2D eigenvalue weighted by molar-refractivity contribution is 5.89. The van der Waals surface area contributed by atoms with Gasteiger partial charge in [-0.2, -0.15) is 0 Å². The van der Waals surface area contributed by atoms with E-state index >= 15 is 0 Å². The van der Waals surface area contributed by atoms with Crippen LogP contribution in [0.5, 0.6) is 0 Å². The molecule has 0 bridgehead atoms. The Morgan fingerprint density at radius 3 is 2.50 bits per heavy atom. The minimum absolute atomic E-state index is 0.300. The molecule has 24 heavy (non-hydrogen) atoms. The predicted octanol–water partition coefficient (Wildman–Crippen LogP) is 2.32. The average molecular weight is 334 g/mol. The Balaban J connectivity index is 1.78. The van der Waals surface area contributed by atoms with E-state index in [2.05, 4.69) is 0 Å². The van der Waals surface area contributed by atoms with Crippen molar-refractivity contribution in [2.75, 3.05) is 7.11 Å². The fraction of sp³-hybridized carbons (Fsp3) is 0.556. The van der Waals surface area contributed by atoms with E-state index in [1.165, 1.54) is 7.11 Å². The number of rotatable bonds is 3. The van der Waals surface area contributed by atoms with Crippen LogP contribution in [0.2, 0.25) is 0 Å². The van der Waals surface area contributed by atoms with Crippen LogP contribution in [0.1, 0.15) is 37.0 Å². The second kappa shape index (κ2) is 6.53. The van der Waals surface area contributed by atoms with Crippen LogP contribution in [0, 0.1) is 5.92 Å². The molecule has 1 aliphatic carbocycles. The lowest BCUT2D eigenvalue weighted by Crippen LogP contribution is -2.47. The molecule has 0 amide bonds. The van der Waals surface area contributed by atoms with Crippen molar-refractivity contribution in [1.29, 1.82) is 0 Å². The van der Waals surface area contributed by atoms with Gasteiger partial charge in [-0.15, -0.1) is 0 Å². The number of carbonyl (C=O) groups is 2. The first-order chi connectivity index (χ1) is 11.4. The van der Waals surface area contributed by atoms with E-state index in [0.29, 0.717) is 18.4 Å². The summed E-state index contributed by atoms with van der Waals surface area (Å²) in [5.74, 6) is -1.89. The molecule has 1 saturated carbocycles. The average Bonchev–Trinajstić information content (AvgIpc) is 2.89. The SMILES string of the molecule is COC(=O)[C@H]1C[C@@H](OC(=O)c2ccccc2)[C@@H]2OC(C)(C)O[C@@H]2C1. The molecule has 130 valence electrons. The molecular formula is C18H22O6. The molecule has 6 heteroatoms. The molecule has 0 N–H and O–H groups in total. The summed E-state index contributed by atoms with van der Waals surface area (Å²) in [6.07, 6.45) is -0.367. The molecule has 0 aromatic heterocycles. The number of carbonyl (C=O) groups excluding carboxylic acids is 2. The molecule has 3 rings (SSSR count). The van der Waals surface area contributed by atoms with E-state index in [9.17, 15) is 9.59 Å². The number of benzene rings is 1. The topological polar surface area (TPSA) is 71.1 Å². The maximum atomic E-state index is 12.4. The second-order valence-electron chi connectivity index (χ2n) is 6.64. The lowest BCUT2D eigenvalue weighted by Gasteiger charge is -2.34. The van der Waals surface area contributed by atoms with Crippen LogP contribution >= 0.6 is 0 Å². The van der Waals surface area contributed by atoms with Crippen molar-refractivity contribution in [3.63, 3.8) is 0 Å². The minimum atomic E-state index is -0.766. The number of methoxy groups -OCH3 is 1. The third-order valence-corrected chi connectivity index (χ3v) is 4.42. The van der Waals surface area contributed by atoms with Crippen molar-refractivity contribution in [3.05, 3.63) is 35.9 Å². The van der Waals surface area contributed by atoms with Gasteiger partial charge in [0.15, 0.2) is 5.79 Å². The molecule has 1 aromatic rings. The first kappa shape index (κ1) is 16.9. The predicted molar refractivity (Wildman–Crippen MR) is 84.2 cm³/mol. The van der Waals surface area contributed by atoms with Crippen LogP contribution < -0.4 is 0 Å². The number of esters is 2. The van der Waals surface area contributed by atoms with Crippen molar-refractivity contribution >= 4 is 11.9 Å². The molecule has 1 saturated heterocycles. The maximum Gasteiger partial charge on any atom is 0.338 e. The first-order valence-electron chi connectivity index (χ1n) is 8.09. The summed E-state index contributed by atoms with van der Waals surface area (Å²) in [5, 5.41) is 0. The van der Waals surface area contributed by atoms with E-state index in [-0.39, 0.29) is 24.1 Å². The van der Waals surface area contributed by atoms with Gasteiger partial charge in [-0.3, -0.25) is 4.79 Å². The summed E-state index contributed by atoms with van der Waals surface area (Å²) in [7, 11) is 1.36. The molecule has 6 nitrogen and oxygen atoms in total. The van der Waals surface area contributed by atoms with Gasteiger partial charge in [-0.25, -0.2) is 4.79 Å². The molecular weight excluding hydrogens is 312 g/mol. The van der Waals surface area contributed by atoms with E-state index < -0.39 is 17.9 Å². The third-order valence-electron chi connectivity index (χ3n) is 4.42. The highest BCUT2D eigenvalue weighted by Gasteiger charge is 2.52. The summed E-state index contributed by atoms with van der Waals surface area (Å²) >= 11 is 0. The van der Waals surface area contributed by atoms with Gasteiger partial charge < -0.3 is 18.9 Å². The second-order valence-corrected chi connectivity index (χ2v) is 6.64. The Morgan fingerprint density at radius 2 is 1.83 bits per heavy atom. The van der Waals surface area contributed by atoms with E-state index in [4.69, 9.17) is 18.9 Å². The minimum Gasteiger partial charge on any atom is -0.469 e. The molecule has 1 aromatic carbocycles. The van der Waals surface area contributed by atoms with Gasteiger partial charge in [0.1, 0.15) is 12.2 Å². The summed E-state index contributed by atoms with van der Waals surface area (Å²) in [6.45, 7) is 3.63. The summed E-state index contributed by atoms with van der Waals surface area (Å²) < 4.78 is 22.3. The maximum absolute atomic E-state index is 12.4. The Hall–Kier alpha value is -1.92. The van der Waals surface area contributed by atoms with Crippen molar-refractivity contribution in [2.24, 2.45) is 5.92 Å². The molecule has 0 radical (unpaired) electrons. The van der Waals surface area contributed by atoms with Crippen molar-refractivity contribution in [1.82, 2.24) is 0 Å². The summed E-state index contributed by atoms with van der Waals surface area (Å²) in [5.41, 5.74) is 0.465. The molecule has 1 heterocycles. The van der Waals surface area contributed by atoms with Crippen molar-refractivity contribution in [3.8, 4) is 0 Å². The summed E-state index contributed by atoms with van der Waals surface area (Å²) in [6, 6.07) is 8.76. The summed E-state index contributed by atoms with van der Waals surface area (Å²) in [4.78, 5) is 24.3. The van der Waals surface area contributed by atoms with Crippen LogP contribution in [-0.4, -0.2) is 43.1 Å². The molecule has 2 fully saturated rings. The van der Waals surface area contributed by atoms with Crippen molar-refractivity contribution in [2.45, 2.75) is 50.8 Å². The third kappa shape index (κ3) is 3.44. The zero-order valence-corrected chi connectivity index (χ0v) is 14.1. The number of fused-ring (bicyclic) bond motifs is 1. The fourth-order valence-electron chi connectivity index (χ4n) is 3.41. The lowest BCUT2D eigenvalue weighted by molar-refractivity contribution is -0.154. The Labute approximate surface area is 141 Å². The van der Waals surface area contributed by atoms with Gasteiger partial charge in [-0.1, -0.05) is 18.2 Å². The van der Waals surface area contributed by atoms with Crippen LogP contribution in [-0.2, 0) is 23.7 Å². The zero-order valence-electron chi connectivity index (χ0n) is 14.1. The monoisotopic (exact) mass is 334 g/mol. The van der Waals surface area contributed by atoms with Gasteiger partial charge in [0.2, 0.25) is 0 Å². The standard InChI is InChI=1S/C18H22O6/c1-18(2)23-14-10-12(16(19)21-3)9-13(15(14)24-18)22-17(20)11-7-5-4-6-8-11/h4-8,12-15H,9-10H2,1-3H3/t12-,13+,14+,15-/m0/s1. The number of ether oxygens (including phenoxy) is 4. The molecule has 0 spiro atoms. The van der Waals surface area contributed by atoms with Gasteiger partial charge in [0.25, 0.3) is 0 Å². The van der Waals surface area contributed by atoms with Crippen molar-refractivity contribution < 1.29 is 28.5 Å². The van der Waals surface area contributed by atoms with Crippen LogP contribution in [0.4, 0.5) is 0 Å². The number of hydrogen-bond donors (Lipinski definition) is 0. The normalized spacial score (nSPS) is 31.1. The fourth-order valence-corrected chi connectivity index (χ4v) is 3.41. The molecule has 0 unspecified atom stereocenters. The van der Waals surface area contributed by atoms with E-state index in [1.807, 2.05) is 19.9 Å². The quantitative estimate of drug-likeness (QED) is 0.790. The Morgan fingerprint density at radius 1 is 1.12 bits per heavy atom. The van der Waals surface area contributed by atoms with Gasteiger partial charge in [-0.05, 0) is 32.4 Å². The molecule has 1 aliphatic heterocycles. The van der Waals surface area contributed by atoms with E-state index in [0.717, 1.165) is 0 Å². The largest absolute Gasteiger partial charge is 0.469 e. The highest BCUT2D eigenvalue weighted by Crippen LogP contribution is 2.40. The van der Waals surface area contributed by atoms with Crippen LogP contribution in [0.3, 0.4) is 0 Å². The molecule has 4 atom stereocenters. The smallest absolute Gasteiger partial charge is 0.338 e. The first-order valence-corrected chi connectivity index (χ1v) is 8.09. The highest BCUT2D eigenvalue weighted by atomic mass is 16.8.